The Morgan fingerprint density at radius 3 is 2.75 bits per heavy atom. The fourth-order valence-electron chi connectivity index (χ4n) is 1.55. The summed E-state index contributed by atoms with van der Waals surface area (Å²) in [6, 6.07) is 0. The lowest BCUT2D eigenvalue weighted by atomic mass is 10.0. The Morgan fingerprint density at radius 1 is 1.58 bits per heavy atom. The van der Waals surface area contributed by atoms with Crippen molar-refractivity contribution in [3.8, 4) is 0 Å². The van der Waals surface area contributed by atoms with E-state index in [0.717, 1.165) is 26.3 Å². The SMILES string of the molecule is C[C@H](O)CN1CCOCC1(C)C. The second-order valence-electron chi connectivity index (χ2n) is 4.16. The molecule has 1 saturated heterocycles. The summed E-state index contributed by atoms with van der Waals surface area (Å²) in [6.07, 6.45) is -0.248. The summed E-state index contributed by atoms with van der Waals surface area (Å²) in [5, 5.41) is 9.25. The molecule has 12 heavy (non-hydrogen) atoms. The second-order valence-corrected chi connectivity index (χ2v) is 4.16. The van der Waals surface area contributed by atoms with E-state index in [1.54, 1.807) is 0 Å². The van der Waals surface area contributed by atoms with Crippen LogP contribution in [-0.4, -0.2) is 48.0 Å². The van der Waals surface area contributed by atoms with Crippen LogP contribution < -0.4 is 0 Å². The van der Waals surface area contributed by atoms with Crippen molar-refractivity contribution < 1.29 is 9.84 Å². The minimum absolute atomic E-state index is 0.0786. The third kappa shape index (κ3) is 2.44. The molecule has 0 amide bonds. The largest absolute Gasteiger partial charge is 0.392 e. The molecule has 0 spiro atoms. The number of β-amino-alcohol motifs (C(OH)–C–C–N with tert-alkyl or cyclic N) is 1. The first kappa shape index (κ1) is 9.96. The van der Waals surface area contributed by atoms with Crippen LogP contribution in [0.4, 0.5) is 0 Å². The fourth-order valence-corrected chi connectivity index (χ4v) is 1.55. The number of aliphatic hydroxyl groups excluding tert-OH is 1. The average Bonchev–Trinajstić information content (AvgIpc) is 1.92. The number of hydrogen-bond donors (Lipinski definition) is 1. The van der Waals surface area contributed by atoms with Gasteiger partial charge < -0.3 is 9.84 Å². The van der Waals surface area contributed by atoms with Gasteiger partial charge in [0, 0.05) is 18.6 Å². The van der Waals surface area contributed by atoms with Crippen LogP contribution in [0.5, 0.6) is 0 Å². The van der Waals surface area contributed by atoms with Crippen molar-refractivity contribution in [2.24, 2.45) is 0 Å². The maximum absolute atomic E-state index is 9.25. The van der Waals surface area contributed by atoms with E-state index in [9.17, 15) is 5.11 Å². The summed E-state index contributed by atoms with van der Waals surface area (Å²) in [5.41, 5.74) is 0.0786. The van der Waals surface area contributed by atoms with E-state index in [2.05, 4.69) is 18.7 Å². The highest BCUT2D eigenvalue weighted by Gasteiger charge is 2.30. The summed E-state index contributed by atoms with van der Waals surface area (Å²) < 4.78 is 5.37. The Morgan fingerprint density at radius 2 is 2.25 bits per heavy atom. The smallest absolute Gasteiger partial charge is 0.0645 e. The van der Waals surface area contributed by atoms with Crippen molar-refractivity contribution in [2.75, 3.05) is 26.3 Å². The van der Waals surface area contributed by atoms with Gasteiger partial charge in [-0.1, -0.05) is 0 Å². The quantitative estimate of drug-likeness (QED) is 0.659. The molecule has 1 fully saturated rings. The number of morpholine rings is 1. The highest BCUT2D eigenvalue weighted by molar-refractivity contribution is 4.84. The van der Waals surface area contributed by atoms with Gasteiger partial charge in [-0.3, -0.25) is 4.90 Å². The van der Waals surface area contributed by atoms with Crippen LogP contribution in [0, 0.1) is 0 Å². The van der Waals surface area contributed by atoms with Gasteiger partial charge in [-0.2, -0.15) is 0 Å². The molecule has 3 heteroatoms. The first-order valence-electron chi connectivity index (χ1n) is 4.53. The van der Waals surface area contributed by atoms with E-state index in [1.807, 2.05) is 6.92 Å². The van der Waals surface area contributed by atoms with Gasteiger partial charge in [0.15, 0.2) is 0 Å². The molecule has 0 aromatic heterocycles. The standard InChI is InChI=1S/C9H19NO2/c1-8(11)6-10-4-5-12-7-9(10,2)3/h8,11H,4-7H2,1-3H3/t8-/m0/s1. The number of nitrogens with zero attached hydrogens (tertiary/aromatic N) is 1. The number of rotatable bonds is 2. The van der Waals surface area contributed by atoms with Crippen LogP contribution in [0.25, 0.3) is 0 Å². The Hall–Kier alpha value is -0.120. The van der Waals surface area contributed by atoms with E-state index in [0.29, 0.717) is 0 Å². The van der Waals surface area contributed by atoms with Crippen LogP contribution >= 0.6 is 0 Å². The molecule has 0 saturated carbocycles. The maximum Gasteiger partial charge on any atom is 0.0645 e. The summed E-state index contributed by atoms with van der Waals surface area (Å²) in [4.78, 5) is 2.28. The van der Waals surface area contributed by atoms with E-state index >= 15 is 0 Å². The lowest BCUT2D eigenvalue weighted by molar-refractivity contribution is -0.0643. The van der Waals surface area contributed by atoms with Crippen molar-refractivity contribution in [1.82, 2.24) is 4.90 Å². The van der Waals surface area contributed by atoms with Crippen molar-refractivity contribution in [3.63, 3.8) is 0 Å². The lowest BCUT2D eigenvalue weighted by Gasteiger charge is -2.42. The summed E-state index contributed by atoms with van der Waals surface area (Å²) in [6.45, 7) is 9.35. The summed E-state index contributed by atoms with van der Waals surface area (Å²) in [7, 11) is 0. The molecule has 3 nitrogen and oxygen atoms in total. The van der Waals surface area contributed by atoms with Crippen molar-refractivity contribution in [2.45, 2.75) is 32.4 Å². The van der Waals surface area contributed by atoms with E-state index in [-0.39, 0.29) is 11.6 Å². The van der Waals surface area contributed by atoms with Gasteiger partial charge in [0.05, 0.1) is 19.3 Å². The molecule has 72 valence electrons. The number of aliphatic hydroxyl groups is 1. The zero-order valence-corrected chi connectivity index (χ0v) is 8.21. The van der Waals surface area contributed by atoms with E-state index < -0.39 is 0 Å². The van der Waals surface area contributed by atoms with E-state index in [4.69, 9.17) is 4.74 Å². The molecular formula is C9H19NO2. The van der Waals surface area contributed by atoms with Crippen LogP contribution in [0.3, 0.4) is 0 Å². The van der Waals surface area contributed by atoms with Crippen LogP contribution in [0.15, 0.2) is 0 Å². The van der Waals surface area contributed by atoms with Gasteiger partial charge in [0.1, 0.15) is 0 Å². The van der Waals surface area contributed by atoms with Crippen molar-refractivity contribution >= 4 is 0 Å². The normalized spacial score (nSPS) is 27.0. The van der Waals surface area contributed by atoms with E-state index in [1.165, 1.54) is 0 Å². The highest BCUT2D eigenvalue weighted by atomic mass is 16.5. The number of hydrogen-bond acceptors (Lipinski definition) is 3. The van der Waals surface area contributed by atoms with Crippen LogP contribution in [0.1, 0.15) is 20.8 Å². The van der Waals surface area contributed by atoms with Crippen LogP contribution in [0.2, 0.25) is 0 Å². The van der Waals surface area contributed by atoms with Crippen molar-refractivity contribution in [3.05, 3.63) is 0 Å². The minimum Gasteiger partial charge on any atom is -0.392 e. The Balaban J connectivity index is 2.48. The summed E-state index contributed by atoms with van der Waals surface area (Å²) >= 11 is 0. The average molecular weight is 173 g/mol. The third-order valence-corrected chi connectivity index (χ3v) is 2.30. The number of ether oxygens (including phenoxy) is 1. The van der Waals surface area contributed by atoms with Gasteiger partial charge in [-0.05, 0) is 20.8 Å². The Kier molecular flexibility index (Phi) is 3.09. The fraction of sp³-hybridized carbons (Fsp3) is 1.00. The molecule has 0 radical (unpaired) electrons. The van der Waals surface area contributed by atoms with Gasteiger partial charge in [0.2, 0.25) is 0 Å². The third-order valence-electron chi connectivity index (χ3n) is 2.30. The van der Waals surface area contributed by atoms with Crippen molar-refractivity contribution in [1.29, 1.82) is 0 Å². The zero-order valence-electron chi connectivity index (χ0n) is 8.21. The molecule has 1 aliphatic rings. The molecule has 0 aromatic carbocycles. The molecule has 1 atom stereocenters. The highest BCUT2D eigenvalue weighted by Crippen LogP contribution is 2.18. The minimum atomic E-state index is -0.248. The molecular weight excluding hydrogens is 154 g/mol. The monoisotopic (exact) mass is 173 g/mol. The van der Waals surface area contributed by atoms with Crippen LogP contribution in [-0.2, 0) is 4.74 Å². The molecule has 1 aliphatic heterocycles. The topological polar surface area (TPSA) is 32.7 Å². The molecule has 0 aromatic rings. The molecule has 0 unspecified atom stereocenters. The maximum atomic E-state index is 9.25. The summed E-state index contributed by atoms with van der Waals surface area (Å²) in [5.74, 6) is 0. The second kappa shape index (κ2) is 3.73. The molecule has 0 aliphatic carbocycles. The molecule has 1 heterocycles. The Labute approximate surface area is 74.3 Å². The zero-order chi connectivity index (χ0) is 9.19. The first-order valence-corrected chi connectivity index (χ1v) is 4.53. The predicted octanol–water partition coefficient (Wildman–Crippen LogP) is 0.478. The first-order chi connectivity index (χ1) is 5.52. The molecule has 1 rings (SSSR count). The predicted molar refractivity (Wildman–Crippen MR) is 48.2 cm³/mol. The van der Waals surface area contributed by atoms with Gasteiger partial charge >= 0.3 is 0 Å². The van der Waals surface area contributed by atoms with Gasteiger partial charge in [-0.15, -0.1) is 0 Å². The van der Waals surface area contributed by atoms with Gasteiger partial charge in [0.25, 0.3) is 0 Å². The molecule has 0 bridgehead atoms. The van der Waals surface area contributed by atoms with Gasteiger partial charge in [-0.25, -0.2) is 0 Å². The Bertz CT molecular complexity index is 145. The molecule has 1 N–H and O–H groups in total. The lowest BCUT2D eigenvalue weighted by Crippen LogP contribution is -2.54.